The highest BCUT2D eigenvalue weighted by Crippen LogP contribution is 2.19. The summed E-state index contributed by atoms with van der Waals surface area (Å²) in [6.07, 6.45) is 1.13. The zero-order valence-corrected chi connectivity index (χ0v) is 15.8. The molecule has 0 spiro atoms. The molecule has 0 N–H and O–H groups in total. The van der Waals surface area contributed by atoms with E-state index in [4.69, 9.17) is 4.74 Å². The molecule has 1 amide bonds. The fourth-order valence-corrected chi connectivity index (χ4v) is 3.12. The van der Waals surface area contributed by atoms with E-state index in [2.05, 4.69) is 0 Å². The van der Waals surface area contributed by atoms with Crippen molar-refractivity contribution in [3.8, 4) is 5.75 Å². The van der Waals surface area contributed by atoms with E-state index < -0.39 is 9.84 Å². The molecule has 134 valence electrons. The molecule has 0 atom stereocenters. The maximum absolute atomic E-state index is 12.7. The predicted molar refractivity (Wildman–Crippen MR) is 97.7 cm³/mol. The Balaban J connectivity index is 2.19. The number of hydrogen-bond donors (Lipinski definition) is 0. The molecule has 25 heavy (non-hydrogen) atoms. The van der Waals surface area contributed by atoms with Crippen molar-refractivity contribution in [1.82, 2.24) is 4.90 Å². The number of sulfone groups is 1. The topological polar surface area (TPSA) is 63.7 Å². The highest BCUT2D eigenvalue weighted by atomic mass is 32.2. The van der Waals surface area contributed by atoms with Gasteiger partial charge in [0.1, 0.15) is 5.75 Å². The van der Waals surface area contributed by atoms with Crippen molar-refractivity contribution in [2.75, 3.05) is 19.9 Å². The molecule has 0 radical (unpaired) electrons. The molecule has 0 unspecified atom stereocenters. The van der Waals surface area contributed by atoms with Crippen LogP contribution in [-0.4, -0.2) is 39.1 Å². The van der Waals surface area contributed by atoms with Crippen LogP contribution in [0.15, 0.2) is 47.4 Å². The maximum Gasteiger partial charge on any atom is 0.254 e. The van der Waals surface area contributed by atoms with Gasteiger partial charge < -0.3 is 9.64 Å². The first-order valence-corrected chi connectivity index (χ1v) is 9.89. The van der Waals surface area contributed by atoms with Gasteiger partial charge in [-0.2, -0.15) is 0 Å². The van der Waals surface area contributed by atoms with Gasteiger partial charge in [-0.3, -0.25) is 4.79 Å². The van der Waals surface area contributed by atoms with Crippen LogP contribution in [0, 0.1) is 6.92 Å². The Morgan fingerprint density at radius 3 is 2.32 bits per heavy atom. The molecule has 0 aliphatic rings. The average Bonchev–Trinajstić information content (AvgIpc) is 2.55. The van der Waals surface area contributed by atoms with Crippen LogP contribution >= 0.6 is 0 Å². The molecule has 0 aliphatic heterocycles. The Kier molecular flexibility index (Phi) is 5.85. The van der Waals surface area contributed by atoms with E-state index >= 15 is 0 Å². The van der Waals surface area contributed by atoms with Crippen LogP contribution in [0.3, 0.4) is 0 Å². The second-order valence-electron chi connectivity index (χ2n) is 5.99. The van der Waals surface area contributed by atoms with Crippen LogP contribution in [-0.2, 0) is 16.4 Å². The number of carbonyl (C=O) groups is 1. The lowest BCUT2D eigenvalue weighted by atomic mass is 10.1. The number of nitrogens with zero attached hydrogens (tertiary/aromatic N) is 1. The summed E-state index contributed by atoms with van der Waals surface area (Å²) in [6.45, 7) is 4.75. The summed E-state index contributed by atoms with van der Waals surface area (Å²) < 4.78 is 28.9. The molecule has 0 bridgehead atoms. The van der Waals surface area contributed by atoms with Gasteiger partial charge in [0.05, 0.1) is 11.5 Å². The van der Waals surface area contributed by atoms with Crippen molar-refractivity contribution in [2.24, 2.45) is 0 Å². The summed E-state index contributed by atoms with van der Waals surface area (Å²) in [7, 11) is -1.66. The summed E-state index contributed by atoms with van der Waals surface area (Å²) in [4.78, 5) is 14.4. The van der Waals surface area contributed by atoms with Gasteiger partial charge in [-0.05, 0) is 49.2 Å². The maximum atomic E-state index is 12.7. The van der Waals surface area contributed by atoms with Crippen LogP contribution in [0.4, 0.5) is 0 Å². The molecule has 2 rings (SSSR count). The number of carbonyl (C=O) groups excluding carboxylic acids is 1. The standard InChI is InChI=1S/C19H23NO4S/c1-5-24-16-9-7-15(8-10-16)13-20(3)19(21)18-12-17(25(4,22)23)11-6-14(18)2/h6-12H,5,13H2,1-4H3. The summed E-state index contributed by atoms with van der Waals surface area (Å²) in [6, 6.07) is 12.2. The third-order valence-corrected chi connectivity index (χ3v) is 4.98. The molecule has 0 saturated heterocycles. The summed E-state index contributed by atoms with van der Waals surface area (Å²) in [5, 5.41) is 0. The summed E-state index contributed by atoms with van der Waals surface area (Å²) >= 11 is 0. The first-order valence-electron chi connectivity index (χ1n) is 8.00. The monoisotopic (exact) mass is 361 g/mol. The number of rotatable bonds is 6. The Labute approximate surface area is 149 Å². The van der Waals surface area contributed by atoms with Gasteiger partial charge in [-0.1, -0.05) is 18.2 Å². The zero-order valence-electron chi connectivity index (χ0n) is 14.9. The first-order chi connectivity index (χ1) is 11.7. The fourth-order valence-electron chi connectivity index (χ4n) is 2.47. The minimum Gasteiger partial charge on any atom is -0.494 e. The third kappa shape index (κ3) is 4.82. The average molecular weight is 361 g/mol. The number of aryl methyl sites for hydroxylation is 1. The molecule has 6 heteroatoms. The van der Waals surface area contributed by atoms with Crippen molar-refractivity contribution < 1.29 is 17.9 Å². The van der Waals surface area contributed by atoms with Crippen LogP contribution in [0.5, 0.6) is 5.75 Å². The van der Waals surface area contributed by atoms with Crippen molar-refractivity contribution in [1.29, 1.82) is 0 Å². The van der Waals surface area contributed by atoms with Gasteiger partial charge in [-0.25, -0.2) is 8.42 Å². The van der Waals surface area contributed by atoms with E-state index in [0.717, 1.165) is 23.1 Å². The van der Waals surface area contributed by atoms with Crippen molar-refractivity contribution >= 4 is 15.7 Å². The number of benzene rings is 2. The summed E-state index contributed by atoms with van der Waals surface area (Å²) in [5.41, 5.74) is 2.11. The Morgan fingerprint density at radius 1 is 1.12 bits per heavy atom. The molecule has 0 aromatic heterocycles. The predicted octanol–water partition coefficient (Wildman–Crippen LogP) is 3.07. The molecule has 0 saturated carbocycles. The van der Waals surface area contributed by atoms with Crippen LogP contribution < -0.4 is 4.74 Å². The van der Waals surface area contributed by atoms with Gasteiger partial charge in [0.2, 0.25) is 0 Å². The molecule has 0 aliphatic carbocycles. The van der Waals surface area contributed by atoms with Gasteiger partial charge in [0.15, 0.2) is 9.84 Å². The minimum atomic E-state index is -3.36. The molecular weight excluding hydrogens is 338 g/mol. The van der Waals surface area contributed by atoms with Crippen LogP contribution in [0.2, 0.25) is 0 Å². The highest BCUT2D eigenvalue weighted by molar-refractivity contribution is 7.90. The smallest absolute Gasteiger partial charge is 0.254 e. The lowest BCUT2D eigenvalue weighted by Crippen LogP contribution is -2.27. The number of hydrogen-bond acceptors (Lipinski definition) is 4. The van der Waals surface area contributed by atoms with Gasteiger partial charge >= 0.3 is 0 Å². The molecule has 0 heterocycles. The van der Waals surface area contributed by atoms with E-state index in [9.17, 15) is 13.2 Å². The SMILES string of the molecule is CCOc1ccc(CN(C)C(=O)c2cc(S(C)(=O)=O)ccc2C)cc1. The van der Waals surface area contributed by atoms with E-state index in [1.165, 1.54) is 12.1 Å². The normalized spacial score (nSPS) is 11.2. The van der Waals surface area contributed by atoms with Gasteiger partial charge in [0.25, 0.3) is 5.91 Å². The number of amides is 1. The van der Waals surface area contributed by atoms with Crippen molar-refractivity contribution in [3.05, 3.63) is 59.2 Å². The Morgan fingerprint density at radius 2 is 1.76 bits per heavy atom. The lowest BCUT2D eigenvalue weighted by molar-refractivity contribution is 0.0784. The van der Waals surface area contributed by atoms with Gasteiger partial charge in [0, 0.05) is 25.4 Å². The number of ether oxygens (including phenoxy) is 1. The van der Waals surface area contributed by atoms with E-state index in [1.807, 2.05) is 31.2 Å². The van der Waals surface area contributed by atoms with E-state index in [0.29, 0.717) is 18.7 Å². The first kappa shape index (κ1) is 19.0. The van der Waals surface area contributed by atoms with Gasteiger partial charge in [-0.15, -0.1) is 0 Å². The van der Waals surface area contributed by atoms with Crippen LogP contribution in [0.1, 0.15) is 28.4 Å². The van der Waals surface area contributed by atoms with E-state index in [1.54, 1.807) is 24.9 Å². The molecular formula is C19H23NO4S. The fraction of sp³-hybridized carbons (Fsp3) is 0.316. The largest absolute Gasteiger partial charge is 0.494 e. The molecule has 2 aromatic carbocycles. The van der Waals surface area contributed by atoms with E-state index in [-0.39, 0.29) is 10.8 Å². The van der Waals surface area contributed by atoms with Crippen LogP contribution in [0.25, 0.3) is 0 Å². The molecule has 0 fully saturated rings. The Bertz CT molecular complexity index is 857. The molecule has 5 nitrogen and oxygen atoms in total. The van der Waals surface area contributed by atoms with Crippen molar-refractivity contribution in [3.63, 3.8) is 0 Å². The Hall–Kier alpha value is -2.34. The lowest BCUT2D eigenvalue weighted by Gasteiger charge is -2.19. The minimum absolute atomic E-state index is 0.149. The second-order valence-corrected chi connectivity index (χ2v) is 8.00. The zero-order chi connectivity index (χ0) is 18.6. The second kappa shape index (κ2) is 7.70. The van der Waals surface area contributed by atoms with Crippen molar-refractivity contribution in [2.45, 2.75) is 25.3 Å². The summed E-state index contributed by atoms with van der Waals surface area (Å²) in [5.74, 6) is 0.578. The molecule has 2 aromatic rings. The highest BCUT2D eigenvalue weighted by Gasteiger charge is 2.17. The quantitative estimate of drug-likeness (QED) is 0.793. The third-order valence-electron chi connectivity index (χ3n) is 3.87.